The van der Waals surface area contributed by atoms with Crippen molar-refractivity contribution >= 4 is 28.4 Å². The Kier molecular flexibility index (Phi) is 8.58. The molecule has 0 fully saturated rings. The van der Waals surface area contributed by atoms with Gasteiger partial charge < -0.3 is 15.0 Å². The average molecular weight is 469 g/mol. The molecule has 0 radical (unpaired) electrons. The molecule has 3 rings (SSSR count). The number of hydroxylamine groups is 1. The van der Waals surface area contributed by atoms with Crippen molar-refractivity contribution < 1.29 is 24.5 Å². The first-order valence-corrected chi connectivity index (χ1v) is 11.1. The second kappa shape index (κ2) is 11.8. The van der Waals surface area contributed by atoms with Gasteiger partial charge >= 0.3 is 0 Å². The Balaban J connectivity index is 1.59. The molecule has 0 aliphatic rings. The molecule has 10 heteroatoms. The summed E-state index contributed by atoms with van der Waals surface area (Å²) in [6.07, 6.45) is 5.76. The van der Waals surface area contributed by atoms with Gasteiger partial charge in [0.25, 0.3) is 11.6 Å². The first kappa shape index (κ1) is 24.7. The van der Waals surface area contributed by atoms with Crippen molar-refractivity contribution in [2.24, 2.45) is 0 Å². The van der Waals surface area contributed by atoms with E-state index >= 15 is 0 Å². The van der Waals surface area contributed by atoms with Crippen LogP contribution in [0, 0.1) is 10.1 Å². The minimum Gasteiger partial charge on any atom is -0.496 e. The summed E-state index contributed by atoms with van der Waals surface area (Å²) in [6.45, 7) is 0.517. The molecule has 4 N–H and O–H groups in total. The van der Waals surface area contributed by atoms with Crippen LogP contribution in [0.5, 0.6) is 5.75 Å². The molecule has 180 valence electrons. The Hall–Kier alpha value is -3.92. The van der Waals surface area contributed by atoms with Gasteiger partial charge in [0.2, 0.25) is 5.91 Å². The second-order valence-corrected chi connectivity index (χ2v) is 7.96. The number of methoxy groups -OCH3 is 1. The molecule has 0 unspecified atom stereocenters. The third-order valence-corrected chi connectivity index (χ3v) is 5.63. The number of fused-ring (bicyclic) bond motifs is 1. The molecule has 34 heavy (non-hydrogen) atoms. The van der Waals surface area contributed by atoms with Crippen molar-refractivity contribution in [2.75, 3.05) is 13.7 Å². The molecular weight excluding hydrogens is 440 g/mol. The van der Waals surface area contributed by atoms with Gasteiger partial charge in [0, 0.05) is 54.2 Å². The summed E-state index contributed by atoms with van der Waals surface area (Å²) in [4.78, 5) is 37.3. The lowest BCUT2D eigenvalue weighted by molar-refractivity contribution is -0.384. The number of aromatic nitrogens is 1. The second-order valence-electron chi connectivity index (χ2n) is 7.96. The molecule has 0 atom stereocenters. The Bertz CT molecular complexity index is 1170. The number of nitro groups is 1. The lowest BCUT2D eigenvalue weighted by atomic mass is 10.0. The molecule has 10 nitrogen and oxygen atoms in total. The van der Waals surface area contributed by atoms with Gasteiger partial charge in [-0.3, -0.25) is 24.9 Å². The Morgan fingerprint density at radius 1 is 1.09 bits per heavy atom. The fourth-order valence-corrected chi connectivity index (χ4v) is 3.79. The molecular formula is C24H28N4O6. The zero-order chi connectivity index (χ0) is 24.5. The number of hydrogen-bond acceptors (Lipinski definition) is 6. The number of ether oxygens (including phenoxy) is 1. The number of benzene rings is 2. The Labute approximate surface area is 196 Å². The van der Waals surface area contributed by atoms with E-state index in [-0.39, 0.29) is 18.0 Å². The average Bonchev–Trinajstić information content (AvgIpc) is 3.25. The third-order valence-electron chi connectivity index (χ3n) is 5.63. The van der Waals surface area contributed by atoms with Gasteiger partial charge in [-0.1, -0.05) is 18.9 Å². The molecule has 2 amide bonds. The number of rotatable bonds is 12. The highest BCUT2D eigenvalue weighted by Crippen LogP contribution is 2.29. The zero-order valence-corrected chi connectivity index (χ0v) is 18.9. The smallest absolute Gasteiger partial charge is 0.270 e. The van der Waals surface area contributed by atoms with Crippen LogP contribution in [0.15, 0.2) is 42.6 Å². The Morgan fingerprint density at radius 3 is 2.62 bits per heavy atom. The van der Waals surface area contributed by atoms with Gasteiger partial charge in [-0.05, 0) is 42.2 Å². The highest BCUT2D eigenvalue weighted by atomic mass is 16.6. The van der Waals surface area contributed by atoms with Crippen molar-refractivity contribution in [1.82, 2.24) is 15.8 Å². The predicted molar refractivity (Wildman–Crippen MR) is 126 cm³/mol. The molecule has 0 saturated heterocycles. The molecule has 0 aliphatic carbocycles. The quantitative estimate of drug-likeness (QED) is 0.137. The fourth-order valence-electron chi connectivity index (χ4n) is 3.79. The summed E-state index contributed by atoms with van der Waals surface area (Å²) in [5.74, 6) is -0.0291. The van der Waals surface area contributed by atoms with E-state index in [9.17, 15) is 19.7 Å². The lowest BCUT2D eigenvalue weighted by Gasteiger charge is -2.11. The highest BCUT2D eigenvalue weighted by molar-refractivity contribution is 5.94. The highest BCUT2D eigenvalue weighted by Gasteiger charge is 2.14. The lowest BCUT2D eigenvalue weighted by Crippen LogP contribution is -2.24. The van der Waals surface area contributed by atoms with Crippen LogP contribution in [0.25, 0.3) is 10.9 Å². The van der Waals surface area contributed by atoms with Gasteiger partial charge in [-0.15, -0.1) is 0 Å². The number of aromatic amines is 1. The molecule has 3 aromatic rings. The standard InChI is InChI=1S/C24H28N4O6/c1-34-22-13-17(24(30)25-11-5-3-2-4-6-23(29)27-31)8-7-16(22)12-18-15-26-21-10-9-19(28(32)33)14-20(18)21/h7-10,13-15,26,31H,2-6,11-12H2,1H3,(H,25,30)(H,27,29). The number of carbonyl (C=O) groups is 2. The number of amides is 2. The maximum atomic E-state index is 12.5. The number of hydrogen-bond donors (Lipinski definition) is 4. The van der Waals surface area contributed by atoms with E-state index in [0.717, 1.165) is 41.3 Å². The maximum absolute atomic E-state index is 12.5. The zero-order valence-electron chi connectivity index (χ0n) is 18.9. The number of unbranched alkanes of at least 4 members (excludes halogenated alkanes) is 3. The molecule has 0 saturated carbocycles. The molecule has 0 aliphatic heterocycles. The number of nitrogens with one attached hydrogen (secondary N) is 3. The largest absolute Gasteiger partial charge is 0.496 e. The van der Waals surface area contributed by atoms with E-state index in [4.69, 9.17) is 9.94 Å². The topological polar surface area (TPSA) is 147 Å². The van der Waals surface area contributed by atoms with E-state index in [1.165, 1.54) is 13.2 Å². The number of non-ortho nitro benzene ring substituents is 1. The number of H-pyrrole nitrogens is 1. The van der Waals surface area contributed by atoms with E-state index in [0.29, 0.717) is 30.7 Å². The molecule has 2 aromatic carbocycles. The van der Waals surface area contributed by atoms with Crippen molar-refractivity contribution in [1.29, 1.82) is 0 Å². The minimum atomic E-state index is -0.417. The Morgan fingerprint density at radius 2 is 1.88 bits per heavy atom. The summed E-state index contributed by atoms with van der Waals surface area (Å²) in [6, 6.07) is 9.96. The van der Waals surface area contributed by atoms with Gasteiger partial charge in [-0.2, -0.15) is 0 Å². The SMILES string of the molecule is COc1cc(C(=O)NCCCCCCC(=O)NO)ccc1Cc1c[nH]c2ccc([N+](=O)[O-])cc12. The van der Waals surface area contributed by atoms with Crippen LogP contribution in [0.4, 0.5) is 5.69 Å². The first-order chi connectivity index (χ1) is 16.4. The van der Waals surface area contributed by atoms with Gasteiger partial charge in [0.15, 0.2) is 0 Å². The summed E-state index contributed by atoms with van der Waals surface area (Å²) >= 11 is 0. The van der Waals surface area contributed by atoms with Crippen LogP contribution in [-0.2, 0) is 11.2 Å². The van der Waals surface area contributed by atoms with Crippen LogP contribution >= 0.6 is 0 Å². The fraction of sp³-hybridized carbons (Fsp3) is 0.333. The monoisotopic (exact) mass is 468 g/mol. The summed E-state index contributed by atoms with van der Waals surface area (Å²) in [5.41, 5.74) is 4.69. The summed E-state index contributed by atoms with van der Waals surface area (Å²) in [7, 11) is 1.54. The number of carbonyl (C=O) groups excluding carboxylic acids is 2. The van der Waals surface area contributed by atoms with E-state index in [2.05, 4.69) is 10.3 Å². The minimum absolute atomic E-state index is 0.0305. The van der Waals surface area contributed by atoms with Crippen molar-refractivity contribution in [3.8, 4) is 5.75 Å². The van der Waals surface area contributed by atoms with Crippen LogP contribution in [0.2, 0.25) is 0 Å². The van der Waals surface area contributed by atoms with Crippen LogP contribution in [0.1, 0.15) is 53.6 Å². The van der Waals surface area contributed by atoms with Gasteiger partial charge in [0.05, 0.1) is 12.0 Å². The van der Waals surface area contributed by atoms with Crippen molar-refractivity contribution in [2.45, 2.75) is 38.5 Å². The summed E-state index contributed by atoms with van der Waals surface area (Å²) < 4.78 is 5.51. The first-order valence-electron chi connectivity index (χ1n) is 11.1. The van der Waals surface area contributed by atoms with Crippen LogP contribution < -0.4 is 15.5 Å². The van der Waals surface area contributed by atoms with Gasteiger partial charge in [0.1, 0.15) is 5.75 Å². The molecule has 0 bridgehead atoms. The van der Waals surface area contributed by atoms with Crippen molar-refractivity contribution in [3.05, 3.63) is 69.4 Å². The third kappa shape index (κ3) is 6.32. The van der Waals surface area contributed by atoms with Crippen molar-refractivity contribution in [3.63, 3.8) is 0 Å². The predicted octanol–water partition coefficient (Wildman–Crippen LogP) is 3.86. The van der Waals surface area contributed by atoms with E-state index in [1.54, 1.807) is 29.7 Å². The number of nitro benzene ring substituents is 1. The van der Waals surface area contributed by atoms with E-state index < -0.39 is 10.8 Å². The van der Waals surface area contributed by atoms with Crippen LogP contribution in [-0.4, -0.2) is 40.6 Å². The number of nitrogens with zero attached hydrogens (tertiary/aromatic N) is 1. The van der Waals surface area contributed by atoms with Crippen LogP contribution in [0.3, 0.4) is 0 Å². The van der Waals surface area contributed by atoms with Gasteiger partial charge in [-0.25, -0.2) is 5.48 Å². The molecule has 0 spiro atoms. The normalized spacial score (nSPS) is 10.8. The molecule has 1 aromatic heterocycles. The molecule has 1 heterocycles. The van der Waals surface area contributed by atoms with E-state index in [1.807, 2.05) is 12.3 Å². The summed E-state index contributed by atoms with van der Waals surface area (Å²) in [5, 5.41) is 23.2. The maximum Gasteiger partial charge on any atom is 0.270 e.